The van der Waals surface area contributed by atoms with Crippen LogP contribution in [0.3, 0.4) is 0 Å². The molecule has 132 valence electrons. The molecule has 2 atom stereocenters. The molecule has 0 N–H and O–H groups in total. The summed E-state index contributed by atoms with van der Waals surface area (Å²) in [6.07, 6.45) is 5.55. The molecule has 3 saturated heterocycles. The zero-order valence-electron chi connectivity index (χ0n) is 14.5. The van der Waals surface area contributed by atoms with Gasteiger partial charge in [0, 0.05) is 38.9 Å². The van der Waals surface area contributed by atoms with Crippen molar-refractivity contribution < 1.29 is 9.47 Å². The van der Waals surface area contributed by atoms with Crippen LogP contribution in [-0.4, -0.2) is 72.9 Å². The van der Waals surface area contributed by atoms with Crippen LogP contribution in [0.1, 0.15) is 25.0 Å². The fraction of sp³-hybridized carbons (Fsp3) is 0.737. The van der Waals surface area contributed by atoms with Crippen molar-refractivity contribution >= 4 is 0 Å². The van der Waals surface area contributed by atoms with Crippen molar-refractivity contribution in [2.24, 2.45) is 5.92 Å². The smallest absolute Gasteiger partial charge is 0.0813 e. The first kappa shape index (κ1) is 16.5. The summed E-state index contributed by atoms with van der Waals surface area (Å²) in [7, 11) is 0. The molecule has 1 aromatic rings. The fourth-order valence-corrected chi connectivity index (χ4v) is 4.54. The Morgan fingerprint density at radius 2 is 2.08 bits per heavy atom. The average Bonchev–Trinajstić information content (AvgIpc) is 2.98. The predicted molar refractivity (Wildman–Crippen MR) is 92.8 cm³/mol. The summed E-state index contributed by atoms with van der Waals surface area (Å²) in [5, 5.41) is 0. The number of hydrogen-bond acceptors (Lipinski definition) is 5. The Balaban J connectivity index is 1.31. The van der Waals surface area contributed by atoms with Crippen LogP contribution in [0, 0.1) is 5.92 Å². The summed E-state index contributed by atoms with van der Waals surface area (Å²) in [4.78, 5) is 9.56. The van der Waals surface area contributed by atoms with Gasteiger partial charge < -0.3 is 9.47 Å². The maximum absolute atomic E-state index is 6.38. The molecule has 0 bridgehead atoms. The lowest BCUT2D eigenvalue weighted by Crippen LogP contribution is -2.47. The van der Waals surface area contributed by atoms with Gasteiger partial charge in [0.15, 0.2) is 0 Å². The molecular weight excluding hydrogens is 302 g/mol. The number of aromatic nitrogens is 1. The van der Waals surface area contributed by atoms with Gasteiger partial charge in [-0.05, 0) is 43.9 Å². The number of nitrogens with zero attached hydrogens (tertiary/aromatic N) is 3. The fourth-order valence-electron chi connectivity index (χ4n) is 4.54. The van der Waals surface area contributed by atoms with E-state index in [1.807, 2.05) is 12.3 Å². The molecule has 0 amide bonds. The molecule has 3 aliphatic heterocycles. The number of piperidine rings is 1. The highest BCUT2D eigenvalue weighted by molar-refractivity contribution is 5.04. The van der Waals surface area contributed by atoms with Crippen LogP contribution in [-0.2, 0) is 16.0 Å². The molecule has 4 rings (SSSR count). The van der Waals surface area contributed by atoms with Crippen molar-refractivity contribution in [3.8, 4) is 0 Å². The van der Waals surface area contributed by atoms with Crippen molar-refractivity contribution in [2.45, 2.75) is 31.4 Å². The second-order valence-electron chi connectivity index (χ2n) is 7.61. The van der Waals surface area contributed by atoms with E-state index in [9.17, 15) is 0 Å². The van der Waals surface area contributed by atoms with Crippen LogP contribution < -0.4 is 0 Å². The molecule has 0 radical (unpaired) electrons. The number of ether oxygens (including phenoxy) is 2. The van der Waals surface area contributed by atoms with Crippen LogP contribution in [0.4, 0.5) is 0 Å². The number of likely N-dealkylation sites (tertiary alicyclic amines) is 1. The molecule has 2 unspecified atom stereocenters. The lowest BCUT2D eigenvalue weighted by atomic mass is 9.86. The molecule has 3 aliphatic rings. The van der Waals surface area contributed by atoms with Gasteiger partial charge in [-0.2, -0.15) is 0 Å². The predicted octanol–water partition coefficient (Wildman–Crippen LogP) is 1.78. The summed E-state index contributed by atoms with van der Waals surface area (Å²) in [6.45, 7) is 9.19. The standard InChI is InChI=1S/C19H29N3O2/c1-2-6-20-18(4-1)14-22-7-3-5-19(16-22)12-17(15-24-19)13-21-8-10-23-11-9-21/h1-2,4,6,17H,3,5,7-16H2. The normalized spacial score (nSPS) is 32.4. The second kappa shape index (κ2) is 7.48. The van der Waals surface area contributed by atoms with Gasteiger partial charge in [0.2, 0.25) is 0 Å². The van der Waals surface area contributed by atoms with Crippen LogP contribution in [0.25, 0.3) is 0 Å². The van der Waals surface area contributed by atoms with Gasteiger partial charge in [0.05, 0.1) is 31.1 Å². The summed E-state index contributed by atoms with van der Waals surface area (Å²) in [6, 6.07) is 6.18. The SMILES string of the molecule is c1ccc(CN2CCCC3(CC(CN4CCOCC4)CO3)C2)nc1. The maximum Gasteiger partial charge on any atom is 0.0813 e. The van der Waals surface area contributed by atoms with Crippen molar-refractivity contribution in [3.63, 3.8) is 0 Å². The Hall–Kier alpha value is -1.01. The first-order valence-electron chi connectivity index (χ1n) is 9.38. The van der Waals surface area contributed by atoms with Gasteiger partial charge in [0.25, 0.3) is 0 Å². The van der Waals surface area contributed by atoms with Gasteiger partial charge in [-0.3, -0.25) is 14.8 Å². The highest BCUT2D eigenvalue weighted by Crippen LogP contribution is 2.38. The van der Waals surface area contributed by atoms with E-state index >= 15 is 0 Å². The molecule has 0 aromatic carbocycles. The Morgan fingerprint density at radius 1 is 1.17 bits per heavy atom. The van der Waals surface area contributed by atoms with E-state index < -0.39 is 0 Å². The summed E-state index contributed by atoms with van der Waals surface area (Å²) in [5.41, 5.74) is 1.25. The van der Waals surface area contributed by atoms with Crippen molar-refractivity contribution in [3.05, 3.63) is 30.1 Å². The molecule has 1 spiro atoms. The van der Waals surface area contributed by atoms with E-state index in [1.165, 1.54) is 25.8 Å². The minimum atomic E-state index is 0.0873. The molecule has 0 saturated carbocycles. The third-order valence-electron chi connectivity index (χ3n) is 5.64. The molecule has 0 aliphatic carbocycles. The van der Waals surface area contributed by atoms with Gasteiger partial charge in [-0.15, -0.1) is 0 Å². The molecule has 4 heterocycles. The molecule has 1 aromatic heterocycles. The number of morpholine rings is 1. The van der Waals surface area contributed by atoms with Gasteiger partial charge in [-0.1, -0.05) is 6.07 Å². The zero-order valence-corrected chi connectivity index (χ0v) is 14.5. The highest BCUT2D eigenvalue weighted by atomic mass is 16.5. The quantitative estimate of drug-likeness (QED) is 0.841. The van der Waals surface area contributed by atoms with E-state index in [0.29, 0.717) is 5.92 Å². The largest absolute Gasteiger partial charge is 0.379 e. The topological polar surface area (TPSA) is 37.8 Å². The lowest BCUT2D eigenvalue weighted by Gasteiger charge is -2.40. The zero-order chi connectivity index (χ0) is 16.2. The third kappa shape index (κ3) is 3.97. The van der Waals surface area contributed by atoms with Gasteiger partial charge in [-0.25, -0.2) is 0 Å². The van der Waals surface area contributed by atoms with E-state index in [2.05, 4.69) is 26.9 Å². The van der Waals surface area contributed by atoms with E-state index in [-0.39, 0.29) is 5.60 Å². The molecule has 24 heavy (non-hydrogen) atoms. The number of pyridine rings is 1. The maximum atomic E-state index is 6.38. The van der Waals surface area contributed by atoms with Crippen LogP contribution in [0.15, 0.2) is 24.4 Å². The third-order valence-corrected chi connectivity index (χ3v) is 5.64. The van der Waals surface area contributed by atoms with Crippen LogP contribution in [0.2, 0.25) is 0 Å². The van der Waals surface area contributed by atoms with Crippen molar-refractivity contribution in [1.29, 1.82) is 0 Å². The Kier molecular flexibility index (Phi) is 5.13. The van der Waals surface area contributed by atoms with Gasteiger partial charge >= 0.3 is 0 Å². The number of hydrogen-bond donors (Lipinski definition) is 0. The van der Waals surface area contributed by atoms with Crippen LogP contribution >= 0.6 is 0 Å². The number of rotatable bonds is 4. The lowest BCUT2D eigenvalue weighted by molar-refractivity contribution is -0.0539. The monoisotopic (exact) mass is 331 g/mol. The minimum Gasteiger partial charge on any atom is -0.379 e. The summed E-state index contributed by atoms with van der Waals surface area (Å²) < 4.78 is 11.8. The minimum absolute atomic E-state index is 0.0873. The molecule has 5 heteroatoms. The first-order chi connectivity index (χ1) is 11.8. The molecule has 3 fully saturated rings. The Labute approximate surface area is 144 Å². The van der Waals surface area contributed by atoms with Crippen LogP contribution in [0.5, 0.6) is 0 Å². The molecule has 5 nitrogen and oxygen atoms in total. The Morgan fingerprint density at radius 3 is 2.92 bits per heavy atom. The van der Waals surface area contributed by atoms with E-state index in [4.69, 9.17) is 9.47 Å². The first-order valence-corrected chi connectivity index (χ1v) is 9.38. The van der Waals surface area contributed by atoms with E-state index in [1.54, 1.807) is 0 Å². The van der Waals surface area contributed by atoms with E-state index in [0.717, 1.165) is 58.2 Å². The molecular formula is C19H29N3O2. The summed E-state index contributed by atoms with van der Waals surface area (Å²) >= 11 is 0. The average molecular weight is 331 g/mol. The van der Waals surface area contributed by atoms with Crippen molar-refractivity contribution in [2.75, 3.05) is 52.5 Å². The summed E-state index contributed by atoms with van der Waals surface area (Å²) in [5.74, 6) is 0.679. The second-order valence-corrected chi connectivity index (χ2v) is 7.61. The highest BCUT2D eigenvalue weighted by Gasteiger charge is 2.43. The van der Waals surface area contributed by atoms with Gasteiger partial charge in [0.1, 0.15) is 0 Å². The Bertz CT molecular complexity index is 521. The van der Waals surface area contributed by atoms with Crippen molar-refractivity contribution in [1.82, 2.24) is 14.8 Å².